The minimum atomic E-state index is -0.383. The number of aliphatic hydroxyl groups excluding tert-OH is 3. The van der Waals surface area contributed by atoms with Crippen LogP contribution in [-0.2, 0) is 23.7 Å². The molecule has 0 aliphatic heterocycles. The van der Waals surface area contributed by atoms with Crippen LogP contribution in [0.1, 0.15) is 131 Å². The van der Waals surface area contributed by atoms with E-state index in [1.165, 1.54) is 22.3 Å². The molecule has 0 aliphatic rings. The van der Waals surface area contributed by atoms with Gasteiger partial charge in [0.2, 0.25) is 0 Å². The Balaban J connectivity index is 2.86. The van der Waals surface area contributed by atoms with Crippen LogP contribution >= 0.6 is 0 Å². The van der Waals surface area contributed by atoms with Crippen LogP contribution < -0.4 is 0 Å². The standard InChI is InChI=1S/C34H54O4/c1-8-12-27(28-20-25(13-10-17-35)22-30(24(28)3)33(4,5)15-9-2)29-21-26(14-11-18-36)23-31(32(29)38)34(6,7)16-19-37/h20-23,27,35-38H,8-19H2,1-7H3. The normalized spacial score (nSPS) is 13.2. The summed E-state index contributed by atoms with van der Waals surface area (Å²) in [5.74, 6) is 0.368. The molecule has 0 amide bonds. The topological polar surface area (TPSA) is 80.9 Å². The van der Waals surface area contributed by atoms with E-state index in [1.807, 2.05) is 0 Å². The molecule has 4 nitrogen and oxygen atoms in total. The minimum Gasteiger partial charge on any atom is -0.507 e. The summed E-state index contributed by atoms with van der Waals surface area (Å²) >= 11 is 0. The van der Waals surface area contributed by atoms with Crippen LogP contribution in [0, 0.1) is 6.92 Å². The summed E-state index contributed by atoms with van der Waals surface area (Å²) in [5, 5.41) is 40.7. The Bertz CT molecular complexity index is 942. The number of benzene rings is 2. The smallest absolute Gasteiger partial charge is 0.123 e. The summed E-state index contributed by atoms with van der Waals surface area (Å²) in [6.07, 6.45) is 7.64. The molecule has 0 saturated heterocycles. The summed E-state index contributed by atoms with van der Waals surface area (Å²) in [6.45, 7) is 15.9. The molecule has 0 aliphatic carbocycles. The molecule has 0 fully saturated rings. The Kier molecular flexibility index (Phi) is 12.3. The van der Waals surface area contributed by atoms with Gasteiger partial charge in [0.15, 0.2) is 0 Å². The lowest BCUT2D eigenvalue weighted by atomic mass is 9.72. The number of rotatable bonds is 16. The Labute approximate surface area is 232 Å². The van der Waals surface area contributed by atoms with Gasteiger partial charge in [-0.3, -0.25) is 0 Å². The SMILES string of the molecule is CCCC(c1cc(CCCO)cc(C(C)(C)CCC)c1C)c1cc(CCCO)cc(C(C)(C)CCO)c1O. The van der Waals surface area contributed by atoms with Gasteiger partial charge in [0.1, 0.15) is 5.75 Å². The zero-order valence-corrected chi connectivity index (χ0v) is 25.2. The van der Waals surface area contributed by atoms with Crippen molar-refractivity contribution < 1.29 is 20.4 Å². The van der Waals surface area contributed by atoms with E-state index in [1.54, 1.807) is 0 Å². The Morgan fingerprint density at radius 2 is 1.21 bits per heavy atom. The number of hydrogen-bond donors (Lipinski definition) is 4. The maximum Gasteiger partial charge on any atom is 0.123 e. The lowest BCUT2D eigenvalue weighted by Crippen LogP contribution is -2.22. The molecule has 1 atom stereocenters. The first-order chi connectivity index (χ1) is 18.0. The average molecular weight is 527 g/mol. The van der Waals surface area contributed by atoms with Crippen molar-refractivity contribution in [1.82, 2.24) is 0 Å². The highest BCUT2D eigenvalue weighted by atomic mass is 16.3. The monoisotopic (exact) mass is 526 g/mol. The van der Waals surface area contributed by atoms with E-state index in [4.69, 9.17) is 0 Å². The predicted molar refractivity (Wildman–Crippen MR) is 160 cm³/mol. The van der Waals surface area contributed by atoms with Gasteiger partial charge < -0.3 is 20.4 Å². The van der Waals surface area contributed by atoms with E-state index in [0.29, 0.717) is 18.6 Å². The highest BCUT2D eigenvalue weighted by Crippen LogP contribution is 2.45. The second-order valence-electron chi connectivity index (χ2n) is 12.4. The van der Waals surface area contributed by atoms with Gasteiger partial charge in [0, 0.05) is 36.9 Å². The van der Waals surface area contributed by atoms with Gasteiger partial charge in [-0.1, -0.05) is 78.6 Å². The summed E-state index contributed by atoms with van der Waals surface area (Å²) in [5.41, 5.74) is 7.76. The van der Waals surface area contributed by atoms with Gasteiger partial charge in [-0.25, -0.2) is 0 Å². The van der Waals surface area contributed by atoms with Gasteiger partial charge in [-0.2, -0.15) is 0 Å². The molecule has 4 heteroatoms. The van der Waals surface area contributed by atoms with Crippen molar-refractivity contribution in [2.24, 2.45) is 0 Å². The summed E-state index contributed by atoms with van der Waals surface area (Å²) in [6, 6.07) is 8.89. The van der Waals surface area contributed by atoms with E-state index >= 15 is 0 Å². The molecule has 2 rings (SSSR count). The molecule has 0 bridgehead atoms. The Morgan fingerprint density at radius 3 is 1.71 bits per heavy atom. The number of phenols is 1. The zero-order chi connectivity index (χ0) is 28.5. The molecular weight excluding hydrogens is 472 g/mol. The van der Waals surface area contributed by atoms with Crippen molar-refractivity contribution in [2.45, 2.75) is 123 Å². The average Bonchev–Trinajstić information content (AvgIpc) is 2.86. The van der Waals surface area contributed by atoms with Crippen molar-refractivity contribution in [3.63, 3.8) is 0 Å². The number of aliphatic hydroxyl groups is 3. The number of phenolic OH excluding ortho intramolecular Hbond substituents is 1. The van der Waals surface area contributed by atoms with Gasteiger partial charge in [0.25, 0.3) is 0 Å². The van der Waals surface area contributed by atoms with Crippen molar-refractivity contribution in [3.05, 3.63) is 63.2 Å². The van der Waals surface area contributed by atoms with Crippen LogP contribution in [0.2, 0.25) is 0 Å². The molecule has 0 aromatic heterocycles. The minimum absolute atomic E-state index is 0.0267. The fourth-order valence-electron chi connectivity index (χ4n) is 6.16. The van der Waals surface area contributed by atoms with Gasteiger partial charge >= 0.3 is 0 Å². The van der Waals surface area contributed by atoms with Crippen LogP contribution in [0.5, 0.6) is 5.75 Å². The van der Waals surface area contributed by atoms with Crippen LogP contribution in [0.15, 0.2) is 24.3 Å². The first-order valence-corrected chi connectivity index (χ1v) is 14.8. The van der Waals surface area contributed by atoms with E-state index in [0.717, 1.165) is 61.6 Å². The number of aromatic hydroxyl groups is 1. The molecule has 2 aromatic rings. The van der Waals surface area contributed by atoms with Gasteiger partial charge in [0.05, 0.1) is 0 Å². The summed E-state index contributed by atoms with van der Waals surface area (Å²) < 4.78 is 0. The number of aryl methyl sites for hydroxylation is 2. The molecule has 214 valence electrons. The van der Waals surface area contributed by atoms with Crippen LogP contribution in [0.4, 0.5) is 0 Å². The Morgan fingerprint density at radius 1 is 0.684 bits per heavy atom. The third-order valence-corrected chi connectivity index (χ3v) is 8.35. The lowest BCUT2D eigenvalue weighted by molar-refractivity contribution is 0.250. The van der Waals surface area contributed by atoms with Gasteiger partial charge in [-0.15, -0.1) is 0 Å². The predicted octanol–water partition coefficient (Wildman–Crippen LogP) is 7.22. The van der Waals surface area contributed by atoms with Crippen LogP contribution in [0.3, 0.4) is 0 Å². The second kappa shape index (κ2) is 14.5. The zero-order valence-electron chi connectivity index (χ0n) is 25.2. The molecule has 0 heterocycles. The highest BCUT2D eigenvalue weighted by molar-refractivity contribution is 5.54. The molecule has 4 N–H and O–H groups in total. The molecule has 0 radical (unpaired) electrons. The van der Waals surface area contributed by atoms with Crippen molar-refractivity contribution in [3.8, 4) is 5.75 Å². The highest BCUT2D eigenvalue weighted by Gasteiger charge is 2.31. The third kappa shape index (κ3) is 7.83. The van der Waals surface area contributed by atoms with E-state index in [-0.39, 0.29) is 36.6 Å². The molecule has 0 saturated carbocycles. The van der Waals surface area contributed by atoms with Gasteiger partial charge in [-0.05, 0) is 90.5 Å². The molecule has 2 aromatic carbocycles. The maximum absolute atomic E-state index is 11.8. The van der Waals surface area contributed by atoms with Crippen molar-refractivity contribution in [1.29, 1.82) is 0 Å². The Hall–Kier alpha value is -1.88. The first-order valence-electron chi connectivity index (χ1n) is 14.8. The third-order valence-electron chi connectivity index (χ3n) is 8.35. The van der Waals surface area contributed by atoms with Crippen LogP contribution in [-0.4, -0.2) is 40.2 Å². The molecule has 38 heavy (non-hydrogen) atoms. The fourth-order valence-corrected chi connectivity index (χ4v) is 6.16. The quantitative estimate of drug-likeness (QED) is 0.186. The second-order valence-corrected chi connectivity index (χ2v) is 12.4. The fraction of sp³-hybridized carbons (Fsp3) is 0.647. The van der Waals surface area contributed by atoms with Crippen molar-refractivity contribution in [2.75, 3.05) is 19.8 Å². The molecule has 1 unspecified atom stereocenters. The number of hydrogen-bond acceptors (Lipinski definition) is 4. The first kappa shape index (κ1) is 32.3. The van der Waals surface area contributed by atoms with Crippen molar-refractivity contribution >= 4 is 0 Å². The van der Waals surface area contributed by atoms with E-state index in [9.17, 15) is 20.4 Å². The maximum atomic E-state index is 11.8. The summed E-state index contributed by atoms with van der Waals surface area (Å²) in [7, 11) is 0. The van der Waals surface area contributed by atoms with Crippen LogP contribution in [0.25, 0.3) is 0 Å². The summed E-state index contributed by atoms with van der Waals surface area (Å²) in [4.78, 5) is 0. The lowest BCUT2D eigenvalue weighted by Gasteiger charge is -2.32. The molecular formula is C34H54O4. The van der Waals surface area contributed by atoms with E-state index in [2.05, 4.69) is 72.7 Å². The molecule has 0 spiro atoms. The largest absolute Gasteiger partial charge is 0.507 e. The van der Waals surface area contributed by atoms with E-state index < -0.39 is 0 Å².